The zero-order valence-corrected chi connectivity index (χ0v) is 30.6. The van der Waals surface area contributed by atoms with E-state index in [1.807, 2.05) is 91.6 Å². The van der Waals surface area contributed by atoms with Gasteiger partial charge in [-0.25, -0.2) is 9.97 Å². The highest BCUT2D eigenvalue weighted by Crippen LogP contribution is 2.36. The van der Waals surface area contributed by atoms with Gasteiger partial charge in [0.05, 0.1) is 58.6 Å². The van der Waals surface area contributed by atoms with Crippen LogP contribution in [0.5, 0.6) is 0 Å². The van der Waals surface area contributed by atoms with Crippen LogP contribution in [0, 0.1) is 6.92 Å². The fourth-order valence-electron chi connectivity index (χ4n) is 7.88. The normalized spacial score (nSPS) is 11.7. The van der Waals surface area contributed by atoms with Crippen molar-refractivity contribution >= 4 is 43.9 Å². The quantitative estimate of drug-likeness (QED) is 0.177. The molecule has 0 aliphatic carbocycles. The Morgan fingerprint density at radius 1 is 0.571 bits per heavy atom. The molecular formula is C46H34N8O2. The van der Waals surface area contributed by atoms with E-state index in [0.717, 1.165) is 94.1 Å². The molecule has 4 heterocycles. The monoisotopic (exact) mass is 730 g/mol. The molecule has 0 bridgehead atoms. The van der Waals surface area contributed by atoms with Crippen molar-refractivity contribution in [3.8, 4) is 33.4 Å². The Labute approximate surface area is 320 Å². The number of para-hydroxylation sites is 3. The first-order chi connectivity index (χ1) is 27.4. The smallest absolute Gasteiger partial charge is 0.269 e. The van der Waals surface area contributed by atoms with Crippen LogP contribution in [0.25, 0.3) is 77.3 Å². The lowest BCUT2D eigenvalue weighted by Crippen LogP contribution is -2.21. The maximum absolute atomic E-state index is 13.5. The van der Waals surface area contributed by atoms with E-state index in [2.05, 4.69) is 69.8 Å². The molecule has 0 amide bonds. The van der Waals surface area contributed by atoms with Crippen LogP contribution in [0.4, 0.5) is 0 Å². The van der Waals surface area contributed by atoms with Crippen molar-refractivity contribution in [2.75, 3.05) is 0 Å². The van der Waals surface area contributed by atoms with E-state index in [0.29, 0.717) is 13.1 Å². The third kappa shape index (κ3) is 5.75. The zero-order chi connectivity index (χ0) is 37.9. The van der Waals surface area contributed by atoms with Crippen LogP contribution in [-0.4, -0.2) is 39.1 Å². The first-order valence-corrected chi connectivity index (χ1v) is 18.4. The molecule has 10 rings (SSSR count). The molecule has 0 radical (unpaired) electrons. The summed E-state index contributed by atoms with van der Waals surface area (Å²) in [5, 5.41) is 14.4. The highest BCUT2D eigenvalue weighted by Gasteiger charge is 2.16. The lowest BCUT2D eigenvalue weighted by molar-refractivity contribution is 0.780. The van der Waals surface area contributed by atoms with Gasteiger partial charge in [0.25, 0.3) is 11.1 Å². The molecule has 56 heavy (non-hydrogen) atoms. The van der Waals surface area contributed by atoms with Crippen molar-refractivity contribution in [1.82, 2.24) is 39.1 Å². The molecule has 1 N–H and O–H groups in total. The largest absolute Gasteiger partial charge is 0.301 e. The van der Waals surface area contributed by atoms with E-state index in [-0.39, 0.29) is 11.1 Å². The summed E-state index contributed by atoms with van der Waals surface area (Å²) >= 11 is 0. The molecule has 0 spiro atoms. The predicted octanol–water partition coefficient (Wildman–Crippen LogP) is 8.28. The third-order valence-electron chi connectivity index (χ3n) is 10.6. The van der Waals surface area contributed by atoms with E-state index < -0.39 is 0 Å². The number of hydrogen-bond acceptors (Lipinski definition) is 6. The van der Waals surface area contributed by atoms with Gasteiger partial charge in [0, 0.05) is 35.3 Å². The van der Waals surface area contributed by atoms with Crippen molar-refractivity contribution in [2.45, 2.75) is 20.0 Å². The number of aromatic nitrogens is 8. The van der Waals surface area contributed by atoms with Crippen LogP contribution in [-0.2, 0) is 20.1 Å². The van der Waals surface area contributed by atoms with Crippen LogP contribution in [0.2, 0.25) is 0 Å². The van der Waals surface area contributed by atoms with Gasteiger partial charge in [0.15, 0.2) is 0 Å². The summed E-state index contributed by atoms with van der Waals surface area (Å²) in [5.41, 5.74) is 13.4. The Kier molecular flexibility index (Phi) is 7.77. The minimum Gasteiger partial charge on any atom is -0.301 e. The molecule has 0 aliphatic rings. The Morgan fingerprint density at radius 2 is 1.25 bits per heavy atom. The van der Waals surface area contributed by atoms with E-state index in [1.54, 1.807) is 9.13 Å². The van der Waals surface area contributed by atoms with Gasteiger partial charge in [-0.1, -0.05) is 72.8 Å². The number of nitrogens with zero attached hydrogens (tertiary/aromatic N) is 7. The van der Waals surface area contributed by atoms with Gasteiger partial charge in [-0.3, -0.25) is 19.4 Å². The predicted molar refractivity (Wildman–Crippen MR) is 222 cm³/mol. The Bertz CT molecular complexity index is 3300. The molecule has 0 aliphatic heterocycles. The van der Waals surface area contributed by atoms with E-state index in [9.17, 15) is 9.59 Å². The fraction of sp³-hybridized carbons (Fsp3) is 0.0870. The van der Waals surface area contributed by atoms with Gasteiger partial charge in [-0.05, 0) is 94.4 Å². The van der Waals surface area contributed by atoms with Crippen LogP contribution in [0.1, 0.15) is 16.8 Å². The van der Waals surface area contributed by atoms with Crippen LogP contribution in [0.15, 0.2) is 150 Å². The van der Waals surface area contributed by atoms with Crippen molar-refractivity contribution in [1.29, 1.82) is 0 Å². The zero-order valence-electron chi connectivity index (χ0n) is 30.6. The summed E-state index contributed by atoms with van der Waals surface area (Å²) < 4.78 is 5.38. The van der Waals surface area contributed by atoms with Gasteiger partial charge in [-0.2, -0.15) is 10.2 Å². The average molecular weight is 731 g/mol. The Morgan fingerprint density at radius 3 is 2.09 bits per heavy atom. The van der Waals surface area contributed by atoms with Crippen molar-refractivity contribution < 1.29 is 0 Å². The molecule has 10 heteroatoms. The Hall–Kier alpha value is -7.46. The SMILES string of the molecule is Cc1[nH]nc2cc(-c3cccc(Cn4c(=O)cnc5c(-c6cc(-c7cccc(Cn8c(=O)cnc9ccccc98)c7)c7cn(C)nc7c6)cccc54)c3)ccc12. The second-order valence-corrected chi connectivity index (χ2v) is 14.3. The molecule has 10 nitrogen and oxygen atoms in total. The molecule has 0 saturated heterocycles. The van der Waals surface area contributed by atoms with Gasteiger partial charge in [0.2, 0.25) is 0 Å². The summed E-state index contributed by atoms with van der Waals surface area (Å²) in [6.45, 7) is 2.80. The van der Waals surface area contributed by atoms with Gasteiger partial charge >= 0.3 is 0 Å². The number of aryl methyl sites for hydroxylation is 2. The summed E-state index contributed by atoms with van der Waals surface area (Å²) in [6.07, 6.45) is 4.83. The van der Waals surface area contributed by atoms with Crippen LogP contribution < -0.4 is 11.1 Å². The minimum absolute atomic E-state index is 0.150. The van der Waals surface area contributed by atoms with Crippen molar-refractivity contribution in [3.05, 3.63) is 177 Å². The lowest BCUT2D eigenvalue weighted by atomic mass is 9.94. The number of nitrogens with one attached hydrogen (secondary N) is 1. The highest BCUT2D eigenvalue weighted by atomic mass is 16.1. The second-order valence-electron chi connectivity index (χ2n) is 14.3. The summed E-state index contributed by atoms with van der Waals surface area (Å²) in [6, 6.07) is 40.8. The summed E-state index contributed by atoms with van der Waals surface area (Å²) in [5.74, 6) is 0. The first kappa shape index (κ1) is 33.1. The molecule has 0 unspecified atom stereocenters. The molecule has 0 fully saturated rings. The molecule has 4 aromatic heterocycles. The van der Waals surface area contributed by atoms with Gasteiger partial charge in [0.1, 0.15) is 0 Å². The summed E-state index contributed by atoms with van der Waals surface area (Å²) in [7, 11) is 1.92. The van der Waals surface area contributed by atoms with Crippen LogP contribution >= 0.6 is 0 Å². The van der Waals surface area contributed by atoms with Crippen molar-refractivity contribution in [3.63, 3.8) is 0 Å². The average Bonchev–Trinajstić information content (AvgIpc) is 3.80. The van der Waals surface area contributed by atoms with Gasteiger partial charge in [-0.15, -0.1) is 0 Å². The lowest BCUT2D eigenvalue weighted by Gasteiger charge is -2.15. The number of rotatable bonds is 7. The molecule has 0 saturated carbocycles. The number of hydrogen-bond donors (Lipinski definition) is 1. The maximum Gasteiger partial charge on any atom is 0.269 e. The maximum atomic E-state index is 13.5. The van der Waals surface area contributed by atoms with E-state index >= 15 is 0 Å². The van der Waals surface area contributed by atoms with Crippen LogP contribution in [0.3, 0.4) is 0 Å². The number of fused-ring (bicyclic) bond motifs is 4. The number of benzene rings is 6. The summed E-state index contributed by atoms with van der Waals surface area (Å²) in [4.78, 5) is 35.6. The second kappa shape index (κ2) is 13.1. The van der Waals surface area contributed by atoms with E-state index in [1.165, 1.54) is 12.4 Å². The number of H-pyrrole nitrogens is 1. The molecule has 6 aromatic carbocycles. The van der Waals surface area contributed by atoms with Crippen molar-refractivity contribution in [2.24, 2.45) is 7.05 Å². The van der Waals surface area contributed by atoms with Gasteiger partial charge < -0.3 is 9.13 Å². The minimum atomic E-state index is -0.174. The fourth-order valence-corrected chi connectivity index (χ4v) is 7.88. The molecule has 0 atom stereocenters. The molecular weight excluding hydrogens is 697 g/mol. The Balaban J connectivity index is 1.04. The third-order valence-corrected chi connectivity index (χ3v) is 10.6. The standard InChI is InChI=1S/C46H34N8O2/c1-28-35-17-16-32(21-40(35)50-49-28)31-10-5-8-29(18-31)26-54-43-15-7-12-36(46(43)48-24-45(54)56)34-20-37(38-27-52(2)51-41(38)22-34)33-11-6-9-30(19-33)25-53-42-14-4-3-13-39(42)47-23-44(53)55/h3-24,27H,25-26H2,1-2H3,(H,49,50). The molecule has 10 aromatic rings. The first-order valence-electron chi connectivity index (χ1n) is 18.4. The number of aromatic amines is 1. The molecule has 270 valence electrons. The highest BCUT2D eigenvalue weighted by molar-refractivity contribution is 6.01. The van der Waals surface area contributed by atoms with E-state index in [4.69, 9.17) is 10.1 Å². The topological polar surface area (TPSA) is 116 Å².